The maximum atomic E-state index is 12.8. The third-order valence-corrected chi connectivity index (χ3v) is 6.34. The number of likely N-dealkylation sites (N-methyl/N-ethyl adjacent to an activating group) is 1. The van der Waals surface area contributed by atoms with Gasteiger partial charge in [-0.15, -0.1) is 0 Å². The van der Waals surface area contributed by atoms with E-state index in [4.69, 9.17) is 4.74 Å². The molecule has 0 radical (unpaired) electrons. The summed E-state index contributed by atoms with van der Waals surface area (Å²) in [4.78, 5) is 12.6. The number of rotatable bonds is 7. The Hall–Kier alpha value is -2.38. The number of carbonyl (C=O) groups is 1. The summed E-state index contributed by atoms with van der Waals surface area (Å²) in [7, 11) is -0.740. The summed E-state index contributed by atoms with van der Waals surface area (Å²) in [5.41, 5.74) is 2.41. The molecular formula is C20H26N2O4S. The topological polar surface area (TPSA) is 75.7 Å². The second kappa shape index (κ2) is 8.54. The molecule has 0 aliphatic rings. The zero-order valence-electron chi connectivity index (χ0n) is 16.3. The van der Waals surface area contributed by atoms with Crippen molar-refractivity contribution in [2.45, 2.75) is 31.7 Å². The highest BCUT2D eigenvalue weighted by Gasteiger charge is 2.25. The molecule has 6 nitrogen and oxygen atoms in total. The molecule has 0 aromatic heterocycles. The van der Waals surface area contributed by atoms with Gasteiger partial charge in [0.2, 0.25) is 15.9 Å². The van der Waals surface area contributed by atoms with Gasteiger partial charge in [0.05, 0.1) is 24.6 Å². The van der Waals surface area contributed by atoms with E-state index >= 15 is 0 Å². The molecule has 7 heteroatoms. The highest BCUT2D eigenvalue weighted by atomic mass is 32.2. The zero-order valence-corrected chi connectivity index (χ0v) is 17.1. The molecule has 0 spiro atoms. The summed E-state index contributed by atoms with van der Waals surface area (Å²) < 4.78 is 31.8. The van der Waals surface area contributed by atoms with Crippen molar-refractivity contribution in [1.29, 1.82) is 0 Å². The third kappa shape index (κ3) is 5.08. The lowest BCUT2D eigenvalue weighted by atomic mass is 10.1. The molecule has 0 fully saturated rings. The van der Waals surface area contributed by atoms with Gasteiger partial charge in [-0.3, -0.25) is 4.79 Å². The number of sulfonamides is 1. The molecule has 0 heterocycles. The van der Waals surface area contributed by atoms with E-state index in [1.54, 1.807) is 26.2 Å². The summed E-state index contributed by atoms with van der Waals surface area (Å²) in [5, 5.41) is 2.83. The first kappa shape index (κ1) is 20.9. The fraction of sp³-hybridized carbons (Fsp3) is 0.350. The summed E-state index contributed by atoms with van der Waals surface area (Å²) >= 11 is 0. The van der Waals surface area contributed by atoms with Crippen LogP contribution in [0.2, 0.25) is 0 Å². The molecule has 1 atom stereocenters. The van der Waals surface area contributed by atoms with Gasteiger partial charge in [-0.2, -0.15) is 4.31 Å². The van der Waals surface area contributed by atoms with Crippen molar-refractivity contribution < 1.29 is 17.9 Å². The SMILES string of the molecule is COc1ccc(C(C)NC(=O)CN(C)S(=O)(=O)c2cc(C)ccc2C)cc1. The molecule has 2 aromatic carbocycles. The van der Waals surface area contributed by atoms with Gasteiger partial charge in [0.25, 0.3) is 0 Å². The maximum Gasteiger partial charge on any atom is 0.243 e. The van der Waals surface area contributed by atoms with Crippen molar-refractivity contribution in [3.8, 4) is 5.75 Å². The predicted octanol–water partition coefficient (Wildman–Crippen LogP) is 2.81. The molecule has 0 saturated heterocycles. The number of hydrogen-bond donors (Lipinski definition) is 1. The number of carbonyl (C=O) groups excluding carboxylic acids is 1. The van der Waals surface area contributed by atoms with Gasteiger partial charge < -0.3 is 10.1 Å². The normalized spacial score (nSPS) is 12.7. The number of nitrogens with zero attached hydrogens (tertiary/aromatic N) is 1. The van der Waals surface area contributed by atoms with E-state index in [1.165, 1.54) is 7.05 Å². The van der Waals surface area contributed by atoms with Crippen molar-refractivity contribution in [3.63, 3.8) is 0 Å². The van der Waals surface area contributed by atoms with Gasteiger partial charge in [-0.05, 0) is 55.7 Å². The molecule has 2 rings (SSSR count). The van der Waals surface area contributed by atoms with Crippen LogP contribution in [0.25, 0.3) is 0 Å². The highest BCUT2D eigenvalue weighted by molar-refractivity contribution is 7.89. The largest absolute Gasteiger partial charge is 0.497 e. The molecule has 1 N–H and O–H groups in total. The van der Waals surface area contributed by atoms with Crippen LogP contribution in [0, 0.1) is 13.8 Å². The van der Waals surface area contributed by atoms with Crippen LogP contribution in [0.3, 0.4) is 0 Å². The summed E-state index contributed by atoms with van der Waals surface area (Å²) in [6.45, 7) is 5.17. The van der Waals surface area contributed by atoms with Crippen LogP contribution in [0.4, 0.5) is 0 Å². The van der Waals surface area contributed by atoms with Crippen molar-refractivity contribution in [1.82, 2.24) is 9.62 Å². The van der Waals surface area contributed by atoms with Crippen molar-refractivity contribution in [3.05, 3.63) is 59.2 Å². The highest BCUT2D eigenvalue weighted by Crippen LogP contribution is 2.21. The molecule has 0 saturated carbocycles. The molecule has 2 aromatic rings. The Balaban J connectivity index is 2.06. The van der Waals surface area contributed by atoms with Crippen molar-refractivity contribution >= 4 is 15.9 Å². The number of nitrogens with one attached hydrogen (secondary N) is 1. The van der Waals surface area contributed by atoms with Gasteiger partial charge in [-0.1, -0.05) is 24.3 Å². The molecule has 0 aliphatic heterocycles. The Morgan fingerprint density at radius 3 is 2.37 bits per heavy atom. The second-order valence-corrected chi connectivity index (χ2v) is 8.61. The first-order valence-corrected chi connectivity index (χ1v) is 10.1. The van der Waals surface area contributed by atoms with Crippen molar-refractivity contribution in [2.75, 3.05) is 20.7 Å². The average Bonchev–Trinajstić information content (AvgIpc) is 2.63. The Bertz CT molecular complexity index is 908. The molecular weight excluding hydrogens is 364 g/mol. The minimum atomic E-state index is -3.74. The molecule has 146 valence electrons. The average molecular weight is 391 g/mol. The predicted molar refractivity (Wildman–Crippen MR) is 105 cm³/mol. The van der Waals surface area contributed by atoms with Crippen LogP contribution in [-0.4, -0.2) is 39.3 Å². The Labute approximate surface area is 161 Å². The van der Waals surface area contributed by atoms with Crippen LogP contribution in [-0.2, 0) is 14.8 Å². The number of hydrogen-bond acceptors (Lipinski definition) is 4. The number of aryl methyl sites for hydroxylation is 2. The third-order valence-electron chi connectivity index (χ3n) is 4.39. The van der Waals surface area contributed by atoms with Crippen LogP contribution < -0.4 is 10.1 Å². The van der Waals surface area contributed by atoms with E-state index in [2.05, 4.69) is 5.32 Å². The van der Waals surface area contributed by atoms with Crippen LogP contribution in [0.5, 0.6) is 5.75 Å². The smallest absolute Gasteiger partial charge is 0.243 e. The zero-order chi connectivity index (χ0) is 20.2. The minimum Gasteiger partial charge on any atom is -0.497 e. The number of methoxy groups -OCH3 is 1. The number of benzene rings is 2. The number of amides is 1. The van der Waals surface area contributed by atoms with Gasteiger partial charge in [-0.25, -0.2) is 8.42 Å². The van der Waals surface area contributed by atoms with Gasteiger partial charge in [0.15, 0.2) is 0 Å². The lowest BCUT2D eigenvalue weighted by Crippen LogP contribution is -2.39. The Kier molecular flexibility index (Phi) is 6.62. The van der Waals surface area contributed by atoms with Crippen LogP contribution in [0.15, 0.2) is 47.4 Å². The van der Waals surface area contributed by atoms with E-state index in [-0.39, 0.29) is 23.4 Å². The van der Waals surface area contributed by atoms with E-state index in [0.717, 1.165) is 21.2 Å². The lowest BCUT2D eigenvalue weighted by molar-refractivity contribution is -0.121. The van der Waals surface area contributed by atoms with Crippen LogP contribution >= 0.6 is 0 Å². The Morgan fingerprint density at radius 2 is 1.78 bits per heavy atom. The Morgan fingerprint density at radius 1 is 1.15 bits per heavy atom. The second-order valence-electron chi connectivity index (χ2n) is 6.59. The van der Waals surface area contributed by atoms with Crippen LogP contribution in [0.1, 0.15) is 29.7 Å². The number of ether oxygens (including phenoxy) is 1. The lowest BCUT2D eigenvalue weighted by Gasteiger charge is -2.20. The van der Waals surface area contributed by atoms with Gasteiger partial charge >= 0.3 is 0 Å². The molecule has 0 aliphatic carbocycles. The first-order valence-electron chi connectivity index (χ1n) is 8.62. The molecule has 27 heavy (non-hydrogen) atoms. The van der Waals surface area contributed by atoms with Gasteiger partial charge in [0, 0.05) is 7.05 Å². The summed E-state index contributed by atoms with van der Waals surface area (Å²) in [6, 6.07) is 12.4. The summed E-state index contributed by atoms with van der Waals surface area (Å²) in [6.07, 6.45) is 0. The van der Waals surface area contributed by atoms with Crippen molar-refractivity contribution in [2.24, 2.45) is 0 Å². The summed E-state index contributed by atoms with van der Waals surface area (Å²) in [5.74, 6) is 0.367. The van der Waals surface area contributed by atoms with Gasteiger partial charge in [0.1, 0.15) is 5.75 Å². The van der Waals surface area contributed by atoms with E-state index in [9.17, 15) is 13.2 Å². The quantitative estimate of drug-likeness (QED) is 0.789. The monoisotopic (exact) mass is 390 g/mol. The molecule has 0 bridgehead atoms. The fourth-order valence-electron chi connectivity index (χ4n) is 2.70. The first-order chi connectivity index (χ1) is 12.6. The van der Waals surface area contributed by atoms with E-state index in [1.807, 2.05) is 44.2 Å². The van der Waals surface area contributed by atoms with E-state index < -0.39 is 10.0 Å². The van der Waals surface area contributed by atoms with E-state index in [0.29, 0.717) is 5.56 Å². The fourth-order valence-corrected chi connectivity index (χ4v) is 4.14. The standard InChI is InChI=1S/C20H26N2O4S/c1-14-6-7-15(2)19(12-14)27(24,25)22(4)13-20(23)21-16(3)17-8-10-18(26-5)11-9-17/h6-12,16H,13H2,1-5H3,(H,21,23). The minimum absolute atomic E-state index is 0.223. The molecule has 1 unspecified atom stereocenters. The molecule has 1 amide bonds. The maximum absolute atomic E-state index is 12.8.